The summed E-state index contributed by atoms with van der Waals surface area (Å²) in [5.74, 6) is 0. The van der Waals surface area contributed by atoms with Crippen LogP contribution in [0.4, 0.5) is 0 Å². The van der Waals surface area contributed by atoms with Crippen LogP contribution in [0.3, 0.4) is 0 Å². The van der Waals surface area contributed by atoms with Crippen molar-refractivity contribution in [1.82, 2.24) is 0 Å². The molecule has 1 N–H and O–H groups in total. The van der Waals surface area contributed by atoms with Gasteiger partial charge < -0.3 is 6.53 Å². The van der Waals surface area contributed by atoms with Crippen molar-refractivity contribution in [1.29, 1.82) is 5.26 Å². The normalized spacial score (nSPS) is 11.0. The van der Waals surface area contributed by atoms with E-state index in [4.69, 9.17) is 10.4 Å². The summed E-state index contributed by atoms with van der Waals surface area (Å²) in [6, 6.07) is 1.81. The molecule has 7 heavy (non-hydrogen) atoms. The van der Waals surface area contributed by atoms with E-state index in [1.165, 1.54) is 0 Å². The molecule has 0 aliphatic heterocycles. The molecule has 0 amide bonds. The summed E-state index contributed by atoms with van der Waals surface area (Å²) >= 11 is 1.78. The van der Waals surface area contributed by atoms with Gasteiger partial charge in [0, 0.05) is 0 Å². The summed E-state index contributed by atoms with van der Waals surface area (Å²) in [6.45, 7) is 0. The molecule has 1 unspecified atom stereocenters. The zero-order valence-electron chi connectivity index (χ0n) is 5.06. The molecule has 0 aromatic carbocycles. The van der Waals surface area contributed by atoms with E-state index in [1.807, 2.05) is 6.07 Å². The van der Waals surface area contributed by atoms with Gasteiger partial charge in [-0.25, -0.2) is 0 Å². The van der Waals surface area contributed by atoms with E-state index in [9.17, 15) is 0 Å². The van der Waals surface area contributed by atoms with Gasteiger partial charge >= 0.3 is 18.9 Å². The second kappa shape index (κ2) is 6.78. The second-order valence-electron chi connectivity index (χ2n) is 0.797. The number of nitriles is 1. The van der Waals surface area contributed by atoms with Crippen molar-refractivity contribution >= 4 is 22.6 Å². The number of aliphatic hydroxyl groups excluding tert-OH is 1. The van der Waals surface area contributed by atoms with E-state index in [0.717, 1.165) is 0 Å². The molecule has 0 aliphatic carbocycles. The summed E-state index contributed by atoms with van der Waals surface area (Å²) in [4.78, 5) is 0. The van der Waals surface area contributed by atoms with E-state index in [2.05, 4.69) is 0 Å². The summed E-state index contributed by atoms with van der Waals surface area (Å²) < 4.78 is -0.493. The third-order valence-electron chi connectivity index (χ3n) is 0.260. The van der Waals surface area contributed by atoms with Crippen LogP contribution in [0.25, 0.3) is 0 Å². The number of aliphatic hydroxyl groups is 1. The summed E-state index contributed by atoms with van der Waals surface area (Å²) in [5, 5.41) is 16.1. The maximum absolute atomic E-state index is 8.32. The molecule has 0 spiro atoms. The van der Waals surface area contributed by atoms with Gasteiger partial charge in [-0.15, -0.1) is 0 Å². The van der Waals surface area contributed by atoms with Crippen LogP contribution in [0.15, 0.2) is 0 Å². The van der Waals surface area contributed by atoms with Gasteiger partial charge in [-0.05, 0) is 0 Å². The van der Waals surface area contributed by atoms with Gasteiger partial charge in [-0.2, -0.15) is 5.26 Å². The van der Waals surface area contributed by atoms with Gasteiger partial charge in [-0.3, -0.25) is 0 Å². The van der Waals surface area contributed by atoms with Crippen molar-refractivity contribution in [3.63, 3.8) is 0 Å². The molecule has 2 nitrogen and oxygen atoms in total. The van der Waals surface area contributed by atoms with E-state index in [1.54, 1.807) is 22.6 Å². The first kappa shape index (κ1) is 10.7. The maximum atomic E-state index is 8.32. The Balaban J connectivity index is -0.000000125. The Kier molecular flexibility index (Phi) is 10.4. The number of halogens is 1. The quantitative estimate of drug-likeness (QED) is 0.299. The van der Waals surface area contributed by atoms with Crippen molar-refractivity contribution in [2.24, 2.45) is 0 Å². The molecule has 0 saturated carbocycles. The Hall–Kier alpha value is 0.777. The Morgan fingerprint density at radius 3 is 2.43 bits per heavy atom. The average Bonchev–Trinajstić information content (AvgIpc) is 1.35. The number of nitrogens with zero attached hydrogens (tertiary/aromatic N) is 1. The Morgan fingerprint density at radius 1 is 2.00 bits per heavy atom. The SMILES string of the molecule is N#CCC(O)I.[H-].[Li+]. The monoisotopic (exact) mass is 205 g/mol. The van der Waals surface area contributed by atoms with Crippen LogP contribution in [0.2, 0.25) is 0 Å². The third kappa shape index (κ3) is 10.8. The minimum absolute atomic E-state index is 0. The molecule has 36 valence electrons. The Morgan fingerprint density at radius 2 is 2.43 bits per heavy atom. The first-order chi connectivity index (χ1) is 2.77. The van der Waals surface area contributed by atoms with Gasteiger partial charge in [0.15, 0.2) is 0 Å². The van der Waals surface area contributed by atoms with Gasteiger partial charge in [-0.1, -0.05) is 22.6 Å². The van der Waals surface area contributed by atoms with Crippen molar-refractivity contribution in [3.8, 4) is 6.07 Å². The van der Waals surface area contributed by atoms with Crippen LogP contribution < -0.4 is 18.9 Å². The van der Waals surface area contributed by atoms with Crippen LogP contribution in [-0.4, -0.2) is 9.22 Å². The van der Waals surface area contributed by atoms with Crippen LogP contribution in [0.5, 0.6) is 0 Å². The topological polar surface area (TPSA) is 44.0 Å². The first-order valence-corrected chi connectivity index (χ1v) is 2.71. The molecule has 0 bridgehead atoms. The van der Waals surface area contributed by atoms with Gasteiger partial charge in [0.25, 0.3) is 0 Å². The summed E-state index contributed by atoms with van der Waals surface area (Å²) in [7, 11) is 0. The van der Waals surface area contributed by atoms with Gasteiger partial charge in [0.1, 0.15) is 4.11 Å². The minimum atomic E-state index is -0.493. The van der Waals surface area contributed by atoms with Crippen molar-refractivity contribution < 1.29 is 25.4 Å². The molecule has 0 aromatic rings. The van der Waals surface area contributed by atoms with Crippen LogP contribution in [0, 0.1) is 11.3 Å². The fourth-order valence-electron chi connectivity index (χ4n) is 0.0753. The first-order valence-electron chi connectivity index (χ1n) is 1.46. The fourth-order valence-corrected chi connectivity index (χ4v) is 0.272. The Labute approximate surface area is 69.7 Å². The molecule has 0 rings (SSSR count). The van der Waals surface area contributed by atoms with E-state index in [0.29, 0.717) is 0 Å². The number of hydrogen-bond acceptors (Lipinski definition) is 2. The smallest absolute Gasteiger partial charge is 1.00 e. The Bertz CT molecular complexity index is 74.2. The number of rotatable bonds is 1. The molecule has 0 saturated heterocycles. The van der Waals surface area contributed by atoms with Crippen molar-refractivity contribution in [2.75, 3.05) is 0 Å². The van der Waals surface area contributed by atoms with E-state index in [-0.39, 0.29) is 26.7 Å². The minimum Gasteiger partial charge on any atom is -1.00 e. The molecular weight excluding hydrogens is 200 g/mol. The molecule has 0 fully saturated rings. The standard InChI is InChI=1S/C3H4INO.Li.H/c4-3(6)1-2-5;;/h3,6H,1H2;;/q;+1;-1. The van der Waals surface area contributed by atoms with Crippen molar-refractivity contribution in [3.05, 3.63) is 0 Å². The van der Waals surface area contributed by atoms with E-state index < -0.39 is 4.11 Å². The predicted molar refractivity (Wildman–Crippen MR) is 31.4 cm³/mol. The van der Waals surface area contributed by atoms with Gasteiger partial charge in [0.05, 0.1) is 12.5 Å². The number of alkyl halides is 1. The number of hydrogen-bond donors (Lipinski definition) is 1. The summed E-state index contributed by atoms with van der Waals surface area (Å²) in [5.41, 5.74) is 0. The molecule has 0 heterocycles. The largest absolute Gasteiger partial charge is 1.00 e. The van der Waals surface area contributed by atoms with Crippen LogP contribution in [-0.2, 0) is 0 Å². The van der Waals surface area contributed by atoms with Crippen LogP contribution in [0.1, 0.15) is 7.85 Å². The molecule has 0 aliphatic rings. The third-order valence-corrected chi connectivity index (χ3v) is 0.700. The fraction of sp³-hybridized carbons (Fsp3) is 0.667. The second-order valence-corrected chi connectivity index (χ2v) is 2.23. The zero-order chi connectivity index (χ0) is 4.99. The average molecular weight is 205 g/mol. The molecule has 0 aromatic heterocycles. The molecular formula is C3H5ILiNO. The molecule has 0 radical (unpaired) electrons. The maximum Gasteiger partial charge on any atom is 1.00 e. The van der Waals surface area contributed by atoms with E-state index >= 15 is 0 Å². The predicted octanol–water partition coefficient (Wildman–Crippen LogP) is -2.23. The van der Waals surface area contributed by atoms with Crippen molar-refractivity contribution in [2.45, 2.75) is 10.5 Å². The van der Waals surface area contributed by atoms with Gasteiger partial charge in [0.2, 0.25) is 0 Å². The molecule has 1 atom stereocenters. The molecule has 4 heteroatoms. The zero-order valence-corrected chi connectivity index (χ0v) is 6.21. The van der Waals surface area contributed by atoms with Crippen LogP contribution >= 0.6 is 22.6 Å². The summed E-state index contributed by atoms with van der Waals surface area (Å²) in [6.07, 6.45) is 0.223.